The van der Waals surface area contributed by atoms with E-state index in [9.17, 15) is 19.0 Å². The number of allylic oxidation sites excluding steroid dienone is 16. The van der Waals surface area contributed by atoms with E-state index in [2.05, 4.69) is 111 Å². The third-order valence-electron chi connectivity index (χ3n) is 10.3. The molecule has 0 spiro atoms. The van der Waals surface area contributed by atoms with Gasteiger partial charge in [0, 0.05) is 12.8 Å². The number of hydrogen-bond donors (Lipinski definition) is 0. The molecule has 0 heterocycles. The van der Waals surface area contributed by atoms with E-state index >= 15 is 0 Å². The number of nitrogens with zero attached hydrogens (tertiary/aromatic N) is 1. The van der Waals surface area contributed by atoms with Gasteiger partial charge in [0.1, 0.15) is 19.8 Å². The minimum atomic E-state index is -4.64. The zero-order valence-corrected chi connectivity index (χ0v) is 42.8. The van der Waals surface area contributed by atoms with Crippen molar-refractivity contribution in [3.8, 4) is 0 Å². The summed E-state index contributed by atoms with van der Waals surface area (Å²) in [5.74, 6) is -0.867. The van der Waals surface area contributed by atoms with Gasteiger partial charge in [-0.1, -0.05) is 182 Å². The van der Waals surface area contributed by atoms with E-state index in [1.165, 1.54) is 38.5 Å². The minimum Gasteiger partial charge on any atom is -0.756 e. The standard InChI is InChI=1S/C55H94NO8P/c1-6-8-10-12-14-16-18-20-22-23-24-25-26-27-28-29-30-31-32-33-34-36-38-40-42-44-46-48-55(58)64-53(52-63-65(59,60)62-50-49-56(3,4)5)51-61-54(57)47-45-43-41-39-37-35-21-19-17-15-13-11-9-7-2/h8,10,13-16,19-22,24-25,27-28,30-31,53H,6-7,9,11-12,17-18,23,26,29,32-52H2,1-5H3/b10-8-,15-13-,16-14-,21-19-,22-20-,25-24-,28-27-,31-30-. The summed E-state index contributed by atoms with van der Waals surface area (Å²) in [4.78, 5) is 37.7. The average Bonchev–Trinajstić information content (AvgIpc) is 3.26. The van der Waals surface area contributed by atoms with Crippen LogP contribution in [0.15, 0.2) is 97.2 Å². The molecule has 372 valence electrons. The number of carbonyl (C=O) groups is 2. The molecule has 2 unspecified atom stereocenters. The van der Waals surface area contributed by atoms with Crippen LogP contribution < -0.4 is 4.89 Å². The molecule has 2 atom stereocenters. The van der Waals surface area contributed by atoms with Crippen molar-refractivity contribution in [2.45, 2.75) is 193 Å². The van der Waals surface area contributed by atoms with E-state index in [0.29, 0.717) is 23.9 Å². The lowest BCUT2D eigenvalue weighted by Crippen LogP contribution is -2.37. The van der Waals surface area contributed by atoms with Crippen LogP contribution in [0.25, 0.3) is 0 Å². The third kappa shape index (κ3) is 50.2. The lowest BCUT2D eigenvalue weighted by Gasteiger charge is -2.28. The fraction of sp³-hybridized carbons (Fsp3) is 0.673. The maximum Gasteiger partial charge on any atom is 0.306 e. The monoisotopic (exact) mass is 928 g/mol. The molecule has 65 heavy (non-hydrogen) atoms. The lowest BCUT2D eigenvalue weighted by atomic mass is 10.1. The number of carbonyl (C=O) groups excluding carboxylic acids is 2. The normalized spacial score (nSPS) is 14.2. The molecule has 9 nitrogen and oxygen atoms in total. The maximum absolute atomic E-state index is 12.7. The SMILES string of the molecule is CC/C=C\C/C=C\C/C=C\C/C=C\C/C=C\C/C=C\CCCCCCCCCCC(=O)OC(COC(=O)CCCCCCC/C=C\C/C=C\CCCC)COP(=O)([O-])OCC[N+](C)(C)C. The predicted octanol–water partition coefficient (Wildman–Crippen LogP) is 14.7. The number of hydrogen-bond acceptors (Lipinski definition) is 8. The minimum absolute atomic E-state index is 0.0401. The maximum atomic E-state index is 12.7. The molecular formula is C55H94NO8P. The first-order valence-electron chi connectivity index (χ1n) is 25.4. The second kappa shape index (κ2) is 46.1. The van der Waals surface area contributed by atoms with Crippen molar-refractivity contribution in [1.29, 1.82) is 0 Å². The molecule has 0 N–H and O–H groups in total. The number of phosphoric acid groups is 1. The number of esters is 2. The van der Waals surface area contributed by atoms with Crippen LogP contribution in [-0.4, -0.2) is 70.0 Å². The summed E-state index contributed by atoms with van der Waals surface area (Å²) >= 11 is 0. The first-order chi connectivity index (χ1) is 31.5. The highest BCUT2D eigenvalue weighted by molar-refractivity contribution is 7.45. The second-order valence-corrected chi connectivity index (χ2v) is 19.2. The zero-order valence-electron chi connectivity index (χ0n) is 41.9. The van der Waals surface area contributed by atoms with Gasteiger partial charge in [-0.15, -0.1) is 0 Å². The van der Waals surface area contributed by atoms with Crippen LogP contribution in [0.3, 0.4) is 0 Å². The van der Waals surface area contributed by atoms with E-state index in [-0.39, 0.29) is 26.1 Å². The highest BCUT2D eigenvalue weighted by atomic mass is 31.2. The molecule has 0 rings (SSSR count). The van der Waals surface area contributed by atoms with E-state index in [1.54, 1.807) is 0 Å². The van der Waals surface area contributed by atoms with Gasteiger partial charge in [-0.05, 0) is 89.9 Å². The molecule has 0 aromatic carbocycles. The van der Waals surface area contributed by atoms with Crippen LogP contribution in [0.4, 0.5) is 0 Å². The quantitative estimate of drug-likeness (QED) is 0.0195. The summed E-state index contributed by atoms with van der Waals surface area (Å²) in [5.41, 5.74) is 0. The Balaban J connectivity index is 4.27. The summed E-state index contributed by atoms with van der Waals surface area (Å²) < 4.78 is 34.0. The number of ether oxygens (including phenoxy) is 2. The molecule has 0 aliphatic rings. The Kier molecular flexibility index (Phi) is 43.9. The summed E-state index contributed by atoms with van der Waals surface area (Å²) in [7, 11) is 1.14. The molecule has 0 fully saturated rings. The van der Waals surface area contributed by atoms with Crippen molar-refractivity contribution in [3.63, 3.8) is 0 Å². The van der Waals surface area contributed by atoms with Crippen molar-refractivity contribution >= 4 is 19.8 Å². The van der Waals surface area contributed by atoms with Crippen molar-refractivity contribution in [1.82, 2.24) is 0 Å². The first-order valence-corrected chi connectivity index (χ1v) is 26.9. The smallest absolute Gasteiger partial charge is 0.306 e. The van der Waals surface area contributed by atoms with Gasteiger partial charge in [-0.25, -0.2) is 0 Å². The summed E-state index contributed by atoms with van der Waals surface area (Å²) in [5, 5.41) is 0. The van der Waals surface area contributed by atoms with Crippen LogP contribution in [0.2, 0.25) is 0 Å². The first kappa shape index (κ1) is 61.9. The molecule has 0 aromatic rings. The zero-order chi connectivity index (χ0) is 47.8. The van der Waals surface area contributed by atoms with Crippen molar-refractivity contribution < 1.29 is 42.1 Å². The molecule has 0 amide bonds. The molecule has 0 bridgehead atoms. The molecule has 0 saturated carbocycles. The van der Waals surface area contributed by atoms with Gasteiger partial charge < -0.3 is 27.9 Å². The van der Waals surface area contributed by atoms with Gasteiger partial charge in [0.25, 0.3) is 7.82 Å². The van der Waals surface area contributed by atoms with Crippen LogP contribution in [0.5, 0.6) is 0 Å². The fourth-order valence-electron chi connectivity index (χ4n) is 6.38. The number of rotatable bonds is 45. The molecule has 0 aliphatic carbocycles. The lowest BCUT2D eigenvalue weighted by molar-refractivity contribution is -0.870. The van der Waals surface area contributed by atoms with Gasteiger partial charge in [0.2, 0.25) is 0 Å². The van der Waals surface area contributed by atoms with Gasteiger partial charge >= 0.3 is 11.9 Å². The Morgan fingerprint density at radius 1 is 0.492 bits per heavy atom. The van der Waals surface area contributed by atoms with Gasteiger partial charge in [-0.3, -0.25) is 14.2 Å². The van der Waals surface area contributed by atoms with E-state index < -0.39 is 32.5 Å². The predicted molar refractivity (Wildman–Crippen MR) is 272 cm³/mol. The highest BCUT2D eigenvalue weighted by Gasteiger charge is 2.21. The van der Waals surface area contributed by atoms with Crippen molar-refractivity contribution in [2.24, 2.45) is 0 Å². The Hall–Kier alpha value is -3.07. The van der Waals surface area contributed by atoms with Gasteiger partial charge in [0.05, 0.1) is 27.7 Å². The molecule has 0 aromatic heterocycles. The Labute approximate surface area is 398 Å². The van der Waals surface area contributed by atoms with E-state index in [0.717, 1.165) is 109 Å². The molecular weight excluding hydrogens is 834 g/mol. The topological polar surface area (TPSA) is 111 Å². The van der Waals surface area contributed by atoms with Crippen LogP contribution >= 0.6 is 7.82 Å². The average molecular weight is 928 g/mol. The van der Waals surface area contributed by atoms with Gasteiger partial charge in [-0.2, -0.15) is 0 Å². The molecule has 0 radical (unpaired) electrons. The largest absolute Gasteiger partial charge is 0.756 e. The Bertz CT molecular complexity index is 1420. The van der Waals surface area contributed by atoms with Gasteiger partial charge in [0.15, 0.2) is 6.10 Å². The number of likely N-dealkylation sites (N-methyl/N-ethyl adjacent to an activating group) is 1. The Morgan fingerprint density at radius 2 is 0.877 bits per heavy atom. The third-order valence-corrected chi connectivity index (χ3v) is 11.3. The van der Waals surface area contributed by atoms with E-state index in [4.69, 9.17) is 18.5 Å². The van der Waals surface area contributed by atoms with Crippen LogP contribution in [0.1, 0.15) is 187 Å². The summed E-state index contributed by atoms with van der Waals surface area (Å²) in [6.07, 6.45) is 61.5. The molecule has 0 saturated heterocycles. The summed E-state index contributed by atoms with van der Waals surface area (Å²) in [6.45, 7) is 4.03. The molecule has 10 heteroatoms. The number of unbranched alkanes of at least 4 members (excludes halogenated alkanes) is 15. The molecule has 0 aliphatic heterocycles. The van der Waals surface area contributed by atoms with E-state index in [1.807, 2.05) is 21.1 Å². The Morgan fingerprint density at radius 3 is 1.31 bits per heavy atom. The highest BCUT2D eigenvalue weighted by Crippen LogP contribution is 2.38. The summed E-state index contributed by atoms with van der Waals surface area (Å²) in [6, 6.07) is 0. The fourth-order valence-corrected chi connectivity index (χ4v) is 7.11. The van der Waals surface area contributed by atoms with Crippen LogP contribution in [-0.2, 0) is 32.7 Å². The number of quaternary nitrogens is 1. The number of phosphoric ester groups is 1. The second-order valence-electron chi connectivity index (χ2n) is 17.8. The van der Waals surface area contributed by atoms with Crippen molar-refractivity contribution in [2.75, 3.05) is 47.5 Å². The van der Waals surface area contributed by atoms with Crippen molar-refractivity contribution in [3.05, 3.63) is 97.2 Å². The van der Waals surface area contributed by atoms with Crippen LogP contribution in [0, 0.1) is 0 Å².